The number of hydrogen-bond acceptors (Lipinski definition) is 4. The maximum atomic E-state index is 11.3. The molecule has 0 aromatic heterocycles. The molecule has 4 nitrogen and oxygen atoms in total. The fourth-order valence-electron chi connectivity index (χ4n) is 7.20. The predicted molar refractivity (Wildman–Crippen MR) is 86.6 cm³/mol. The Hall–Kier alpha value is -0.160. The van der Waals surface area contributed by atoms with Crippen molar-refractivity contribution in [3.05, 3.63) is 0 Å². The quantitative estimate of drug-likeness (QED) is 0.548. The van der Waals surface area contributed by atoms with Gasteiger partial charge >= 0.3 is 0 Å². The second kappa shape index (κ2) is 4.94. The number of aliphatic hydroxyl groups excluding tert-OH is 3. The molecule has 4 heteroatoms. The Morgan fingerprint density at radius 3 is 2.30 bits per heavy atom. The average molecular weight is 324 g/mol. The maximum absolute atomic E-state index is 11.3. The first-order valence-corrected chi connectivity index (χ1v) is 9.48. The van der Waals surface area contributed by atoms with E-state index in [-0.39, 0.29) is 22.9 Å². The van der Waals surface area contributed by atoms with Crippen molar-refractivity contribution in [2.75, 3.05) is 0 Å². The van der Waals surface area contributed by atoms with E-state index in [1.54, 1.807) is 0 Å². The molecule has 23 heavy (non-hydrogen) atoms. The molecule has 2 unspecified atom stereocenters. The summed E-state index contributed by atoms with van der Waals surface area (Å²) in [4.78, 5) is 0. The summed E-state index contributed by atoms with van der Waals surface area (Å²) in [6.45, 7) is 4.39. The fourth-order valence-corrected chi connectivity index (χ4v) is 7.20. The summed E-state index contributed by atoms with van der Waals surface area (Å²) in [6.07, 6.45) is 4.96. The lowest BCUT2D eigenvalue weighted by atomic mass is 9.43. The number of hydrogen-bond donors (Lipinski definition) is 4. The highest BCUT2D eigenvalue weighted by molar-refractivity contribution is 5.16. The molecule has 0 aromatic rings. The topological polar surface area (TPSA) is 80.9 Å². The van der Waals surface area contributed by atoms with Crippen molar-refractivity contribution in [1.29, 1.82) is 0 Å². The van der Waals surface area contributed by atoms with Crippen LogP contribution < -0.4 is 0 Å². The molecule has 4 aliphatic rings. The molecule has 4 aliphatic carbocycles. The molecule has 0 bridgehead atoms. The Morgan fingerprint density at radius 1 is 0.826 bits per heavy atom. The molecule has 0 aliphatic heterocycles. The smallest absolute Gasteiger partial charge is 0.0753 e. The van der Waals surface area contributed by atoms with Gasteiger partial charge in [0.1, 0.15) is 0 Å². The molecular weight excluding hydrogens is 292 g/mol. The summed E-state index contributed by atoms with van der Waals surface area (Å²) >= 11 is 0. The van der Waals surface area contributed by atoms with Gasteiger partial charge in [0, 0.05) is 12.8 Å². The lowest BCUT2D eigenvalue weighted by Crippen LogP contribution is -2.66. The molecule has 4 saturated carbocycles. The van der Waals surface area contributed by atoms with E-state index in [9.17, 15) is 20.4 Å². The Balaban J connectivity index is 1.72. The molecule has 0 amide bonds. The van der Waals surface area contributed by atoms with Gasteiger partial charge in [-0.15, -0.1) is 0 Å². The van der Waals surface area contributed by atoms with E-state index >= 15 is 0 Å². The van der Waals surface area contributed by atoms with Crippen LogP contribution in [0.1, 0.15) is 65.2 Å². The zero-order chi connectivity index (χ0) is 16.6. The molecule has 0 radical (unpaired) electrons. The molecule has 9 atom stereocenters. The minimum atomic E-state index is -0.948. The Bertz CT molecular complexity index is 496. The first-order valence-electron chi connectivity index (χ1n) is 9.48. The summed E-state index contributed by atoms with van der Waals surface area (Å²) in [6, 6.07) is 0. The average Bonchev–Trinajstić information content (AvgIpc) is 2.77. The Kier molecular flexibility index (Phi) is 3.50. The molecule has 0 heterocycles. The second-order valence-electron chi connectivity index (χ2n) is 9.55. The van der Waals surface area contributed by atoms with Gasteiger partial charge in [0.05, 0.1) is 23.9 Å². The van der Waals surface area contributed by atoms with Gasteiger partial charge in [-0.05, 0) is 67.1 Å². The van der Waals surface area contributed by atoms with Crippen LogP contribution in [0.4, 0.5) is 0 Å². The van der Waals surface area contributed by atoms with Crippen molar-refractivity contribution >= 4 is 0 Å². The molecule has 4 fully saturated rings. The van der Waals surface area contributed by atoms with Crippen LogP contribution in [0.5, 0.6) is 0 Å². The maximum Gasteiger partial charge on any atom is 0.0753 e. The molecular formula is C19H32O4. The predicted octanol–water partition coefficient (Wildman–Crippen LogP) is 1.84. The largest absolute Gasteiger partial charge is 0.393 e. The van der Waals surface area contributed by atoms with Crippen molar-refractivity contribution in [3.8, 4) is 0 Å². The summed E-state index contributed by atoms with van der Waals surface area (Å²) in [5.74, 6) is 0.845. The van der Waals surface area contributed by atoms with Gasteiger partial charge in [0.25, 0.3) is 0 Å². The van der Waals surface area contributed by atoms with Gasteiger partial charge in [-0.25, -0.2) is 0 Å². The SMILES string of the molecule is C[C@]12CCC3[C@H](C1CC[C@@H]2O)[C@H](O)C[C@]1(O)C[C@@H](O)CC[C@]31C. The first-order chi connectivity index (χ1) is 10.7. The summed E-state index contributed by atoms with van der Waals surface area (Å²) in [7, 11) is 0. The zero-order valence-corrected chi connectivity index (χ0v) is 14.4. The normalized spacial score (nSPS) is 62.3. The molecule has 132 valence electrons. The van der Waals surface area contributed by atoms with Crippen molar-refractivity contribution in [1.82, 2.24) is 0 Å². The minimum Gasteiger partial charge on any atom is -0.393 e. The third-order valence-corrected chi connectivity index (χ3v) is 8.73. The van der Waals surface area contributed by atoms with Gasteiger partial charge in [-0.2, -0.15) is 0 Å². The summed E-state index contributed by atoms with van der Waals surface area (Å²) in [5, 5.41) is 42.8. The minimum absolute atomic E-state index is 0.0673. The molecule has 0 aromatic carbocycles. The third kappa shape index (κ3) is 1.98. The summed E-state index contributed by atoms with van der Waals surface area (Å²) < 4.78 is 0. The summed E-state index contributed by atoms with van der Waals surface area (Å²) in [5.41, 5.74) is -1.23. The van der Waals surface area contributed by atoms with E-state index in [0.29, 0.717) is 24.7 Å². The Labute approximate surface area is 138 Å². The van der Waals surface area contributed by atoms with Gasteiger partial charge in [0.2, 0.25) is 0 Å². The third-order valence-electron chi connectivity index (χ3n) is 8.73. The van der Waals surface area contributed by atoms with Gasteiger partial charge in [0.15, 0.2) is 0 Å². The van der Waals surface area contributed by atoms with Crippen LogP contribution in [0.3, 0.4) is 0 Å². The van der Waals surface area contributed by atoms with Gasteiger partial charge in [-0.3, -0.25) is 0 Å². The van der Waals surface area contributed by atoms with E-state index in [0.717, 1.165) is 38.5 Å². The highest BCUT2D eigenvalue weighted by Gasteiger charge is 2.66. The van der Waals surface area contributed by atoms with Crippen LogP contribution in [0.15, 0.2) is 0 Å². The molecule has 0 spiro atoms. The fraction of sp³-hybridized carbons (Fsp3) is 1.00. The molecule has 0 saturated heterocycles. The van der Waals surface area contributed by atoms with E-state index in [1.807, 2.05) is 0 Å². The number of fused-ring (bicyclic) bond motifs is 5. The Morgan fingerprint density at radius 2 is 1.57 bits per heavy atom. The van der Waals surface area contributed by atoms with E-state index in [1.165, 1.54) is 0 Å². The van der Waals surface area contributed by atoms with Crippen molar-refractivity contribution in [3.63, 3.8) is 0 Å². The zero-order valence-electron chi connectivity index (χ0n) is 14.4. The highest BCUT2D eigenvalue weighted by Crippen LogP contribution is 2.67. The lowest BCUT2D eigenvalue weighted by molar-refractivity contribution is -0.250. The highest BCUT2D eigenvalue weighted by atomic mass is 16.3. The lowest BCUT2D eigenvalue weighted by Gasteiger charge is -2.64. The van der Waals surface area contributed by atoms with Crippen LogP contribution in [-0.2, 0) is 0 Å². The van der Waals surface area contributed by atoms with Gasteiger partial charge < -0.3 is 20.4 Å². The molecule has 4 N–H and O–H groups in total. The number of rotatable bonds is 0. The monoisotopic (exact) mass is 324 g/mol. The molecule has 4 rings (SSSR count). The van der Waals surface area contributed by atoms with Crippen LogP contribution in [0.25, 0.3) is 0 Å². The van der Waals surface area contributed by atoms with Crippen molar-refractivity contribution < 1.29 is 20.4 Å². The second-order valence-corrected chi connectivity index (χ2v) is 9.55. The van der Waals surface area contributed by atoms with Crippen LogP contribution in [0, 0.1) is 28.6 Å². The van der Waals surface area contributed by atoms with Crippen LogP contribution in [0.2, 0.25) is 0 Å². The number of aliphatic hydroxyl groups is 4. The first kappa shape index (κ1) is 16.3. The van der Waals surface area contributed by atoms with E-state index in [4.69, 9.17) is 0 Å². The van der Waals surface area contributed by atoms with Gasteiger partial charge in [-0.1, -0.05) is 13.8 Å². The van der Waals surface area contributed by atoms with E-state index in [2.05, 4.69) is 13.8 Å². The van der Waals surface area contributed by atoms with Crippen molar-refractivity contribution in [2.24, 2.45) is 28.6 Å². The van der Waals surface area contributed by atoms with Crippen molar-refractivity contribution in [2.45, 2.75) is 89.1 Å². The van der Waals surface area contributed by atoms with Crippen LogP contribution >= 0.6 is 0 Å². The van der Waals surface area contributed by atoms with Crippen LogP contribution in [-0.4, -0.2) is 44.3 Å². The standard InChI is InChI=1S/C19H32O4/c1-17-7-6-13-16(12(17)3-4-15(17)22)14(21)10-19(23)9-11(20)5-8-18(13,19)2/h11-16,20-23H,3-10H2,1-2H3/t11-,12?,13?,14+,15-,16-,17-,18+,19+/m0/s1. The van der Waals surface area contributed by atoms with E-state index < -0.39 is 17.8 Å².